The summed E-state index contributed by atoms with van der Waals surface area (Å²) in [6, 6.07) is 13.3. The SMILES string of the molecule is CN(Cc1ccc([N+](=O)[O-])cc1)C[C@@H]1CCCO1.O=[N+]([O-])c1ccc(CNC[C@@H]2CCCO2)cc1. The second-order valence-electron chi connectivity index (χ2n) is 8.94. The van der Waals surface area contributed by atoms with Crippen LogP contribution in [0.2, 0.25) is 0 Å². The highest BCUT2D eigenvalue weighted by Crippen LogP contribution is 2.16. The zero-order chi connectivity index (χ0) is 25.0. The molecular formula is C25H34N4O6. The van der Waals surface area contributed by atoms with Gasteiger partial charge in [0.25, 0.3) is 11.4 Å². The van der Waals surface area contributed by atoms with Crippen molar-refractivity contribution < 1.29 is 19.3 Å². The summed E-state index contributed by atoms with van der Waals surface area (Å²) in [6.45, 7) is 5.00. The highest BCUT2D eigenvalue weighted by atomic mass is 16.6. The first-order valence-electron chi connectivity index (χ1n) is 12.0. The highest BCUT2D eigenvalue weighted by molar-refractivity contribution is 5.33. The average Bonchev–Trinajstić information content (AvgIpc) is 3.55. The van der Waals surface area contributed by atoms with Crippen LogP contribution in [0.5, 0.6) is 0 Å². The van der Waals surface area contributed by atoms with Crippen molar-refractivity contribution in [3.8, 4) is 0 Å². The number of rotatable bonds is 10. The lowest BCUT2D eigenvalue weighted by atomic mass is 10.2. The minimum Gasteiger partial charge on any atom is -0.377 e. The van der Waals surface area contributed by atoms with Gasteiger partial charge in [-0.3, -0.25) is 25.1 Å². The van der Waals surface area contributed by atoms with Crippen molar-refractivity contribution in [3.63, 3.8) is 0 Å². The normalized spacial score (nSPS) is 19.4. The summed E-state index contributed by atoms with van der Waals surface area (Å²) in [5.41, 5.74) is 2.41. The van der Waals surface area contributed by atoms with E-state index in [0.29, 0.717) is 12.2 Å². The number of nitro benzene ring substituents is 2. The predicted octanol–water partition coefficient (Wildman–Crippen LogP) is 4.07. The van der Waals surface area contributed by atoms with Crippen molar-refractivity contribution in [1.29, 1.82) is 0 Å². The Morgan fingerprint density at radius 2 is 1.37 bits per heavy atom. The summed E-state index contributed by atoms with van der Waals surface area (Å²) in [7, 11) is 2.04. The highest BCUT2D eigenvalue weighted by Gasteiger charge is 2.17. The van der Waals surface area contributed by atoms with Crippen LogP contribution in [0.1, 0.15) is 36.8 Å². The van der Waals surface area contributed by atoms with E-state index in [-0.39, 0.29) is 21.2 Å². The number of nitrogens with one attached hydrogen (secondary N) is 1. The maximum absolute atomic E-state index is 10.5. The van der Waals surface area contributed by atoms with E-state index < -0.39 is 0 Å². The third kappa shape index (κ3) is 9.33. The molecule has 0 radical (unpaired) electrons. The van der Waals surface area contributed by atoms with E-state index in [1.165, 1.54) is 12.1 Å². The van der Waals surface area contributed by atoms with Gasteiger partial charge in [-0.1, -0.05) is 24.3 Å². The number of likely N-dealkylation sites (N-methyl/N-ethyl adjacent to an activating group) is 1. The van der Waals surface area contributed by atoms with Crippen LogP contribution in [0, 0.1) is 20.2 Å². The van der Waals surface area contributed by atoms with Gasteiger partial charge in [0.1, 0.15) is 0 Å². The fourth-order valence-electron chi connectivity index (χ4n) is 4.15. The molecule has 190 valence electrons. The molecule has 2 aliphatic heterocycles. The lowest BCUT2D eigenvalue weighted by Gasteiger charge is -2.20. The molecular weight excluding hydrogens is 452 g/mol. The number of nitrogens with zero attached hydrogens (tertiary/aromatic N) is 3. The number of ether oxygens (including phenoxy) is 2. The van der Waals surface area contributed by atoms with Crippen LogP contribution in [0.15, 0.2) is 48.5 Å². The number of benzene rings is 2. The molecule has 2 atom stereocenters. The second kappa shape index (κ2) is 13.8. The van der Waals surface area contributed by atoms with Crippen LogP contribution in [0.25, 0.3) is 0 Å². The molecule has 2 aromatic rings. The van der Waals surface area contributed by atoms with Gasteiger partial charge in [0.2, 0.25) is 0 Å². The lowest BCUT2D eigenvalue weighted by molar-refractivity contribution is -0.385. The first kappa shape index (κ1) is 26.7. The molecule has 2 aliphatic rings. The van der Waals surface area contributed by atoms with Gasteiger partial charge < -0.3 is 14.8 Å². The third-order valence-corrected chi connectivity index (χ3v) is 6.01. The molecule has 10 nitrogen and oxygen atoms in total. The molecule has 35 heavy (non-hydrogen) atoms. The zero-order valence-electron chi connectivity index (χ0n) is 20.1. The Morgan fingerprint density at radius 1 is 0.857 bits per heavy atom. The third-order valence-electron chi connectivity index (χ3n) is 6.01. The number of hydrogen-bond acceptors (Lipinski definition) is 8. The fourth-order valence-corrected chi connectivity index (χ4v) is 4.15. The van der Waals surface area contributed by atoms with Gasteiger partial charge in [0.05, 0.1) is 22.1 Å². The number of non-ortho nitro benzene ring substituents is 2. The Hall–Kier alpha value is -2.92. The summed E-state index contributed by atoms with van der Waals surface area (Å²) in [6.07, 6.45) is 5.21. The molecule has 0 spiro atoms. The predicted molar refractivity (Wildman–Crippen MR) is 132 cm³/mol. The molecule has 0 aromatic heterocycles. The minimum absolute atomic E-state index is 0.132. The molecule has 2 heterocycles. The largest absolute Gasteiger partial charge is 0.377 e. The molecule has 1 N–H and O–H groups in total. The second-order valence-corrected chi connectivity index (χ2v) is 8.94. The van der Waals surface area contributed by atoms with E-state index >= 15 is 0 Å². The molecule has 10 heteroatoms. The van der Waals surface area contributed by atoms with Gasteiger partial charge in [0, 0.05) is 63.7 Å². The maximum Gasteiger partial charge on any atom is 0.269 e. The standard InChI is InChI=1S/C13H18N2O3.C12H16N2O3/c1-14(10-13-3-2-8-18-13)9-11-4-6-12(7-5-11)15(16)17;15-14(16)11-5-3-10(4-6-11)8-13-9-12-2-1-7-17-12/h4-7,13H,2-3,8-10H2,1H3;3-6,12-13H,1-2,7-9H2/t13-;12-/m00/s1. The first-order valence-corrected chi connectivity index (χ1v) is 12.0. The van der Waals surface area contributed by atoms with E-state index in [1.54, 1.807) is 24.3 Å². The van der Waals surface area contributed by atoms with Crippen LogP contribution >= 0.6 is 0 Å². The van der Waals surface area contributed by atoms with Crippen LogP contribution in [0.4, 0.5) is 11.4 Å². The molecule has 4 rings (SSSR count). The van der Waals surface area contributed by atoms with Crippen LogP contribution in [-0.4, -0.2) is 60.3 Å². The van der Waals surface area contributed by atoms with E-state index in [4.69, 9.17) is 9.47 Å². The Bertz CT molecular complexity index is 926. The number of nitro groups is 2. The molecule has 2 fully saturated rings. The Labute approximate surface area is 205 Å². The monoisotopic (exact) mass is 486 g/mol. The summed E-state index contributed by atoms with van der Waals surface area (Å²) in [5, 5.41) is 24.3. The van der Waals surface area contributed by atoms with E-state index in [1.807, 2.05) is 19.2 Å². The lowest BCUT2D eigenvalue weighted by Crippen LogP contribution is -2.28. The van der Waals surface area contributed by atoms with Crippen molar-refractivity contribution in [1.82, 2.24) is 10.2 Å². The van der Waals surface area contributed by atoms with Crippen molar-refractivity contribution in [2.45, 2.75) is 51.0 Å². The van der Waals surface area contributed by atoms with Crippen molar-refractivity contribution >= 4 is 11.4 Å². The first-order chi connectivity index (χ1) is 16.9. The quantitative estimate of drug-likeness (QED) is 0.394. The van der Waals surface area contributed by atoms with Gasteiger partial charge in [-0.2, -0.15) is 0 Å². The maximum atomic E-state index is 10.5. The summed E-state index contributed by atoms with van der Waals surface area (Å²) >= 11 is 0. The van der Waals surface area contributed by atoms with Gasteiger partial charge in [-0.25, -0.2) is 0 Å². The summed E-state index contributed by atoms with van der Waals surface area (Å²) < 4.78 is 11.1. The molecule has 2 aromatic carbocycles. The van der Waals surface area contributed by atoms with Gasteiger partial charge in [0.15, 0.2) is 0 Å². The average molecular weight is 487 g/mol. The van der Waals surface area contributed by atoms with Crippen LogP contribution in [0.3, 0.4) is 0 Å². The molecule has 0 amide bonds. The molecule has 2 saturated heterocycles. The van der Waals surface area contributed by atoms with Crippen LogP contribution in [-0.2, 0) is 22.6 Å². The molecule has 0 unspecified atom stereocenters. The smallest absolute Gasteiger partial charge is 0.269 e. The summed E-state index contributed by atoms with van der Waals surface area (Å²) in [4.78, 5) is 22.4. The van der Waals surface area contributed by atoms with Gasteiger partial charge in [-0.05, 0) is 43.9 Å². The van der Waals surface area contributed by atoms with Crippen molar-refractivity contribution in [2.75, 3.05) is 33.4 Å². The van der Waals surface area contributed by atoms with Gasteiger partial charge in [-0.15, -0.1) is 0 Å². The Balaban J connectivity index is 0.000000196. The summed E-state index contributed by atoms with van der Waals surface area (Å²) in [5.74, 6) is 0. The molecule has 0 aliphatic carbocycles. The van der Waals surface area contributed by atoms with Crippen LogP contribution < -0.4 is 5.32 Å². The topological polar surface area (TPSA) is 120 Å². The van der Waals surface area contributed by atoms with E-state index in [2.05, 4.69) is 10.2 Å². The minimum atomic E-state index is -0.385. The Morgan fingerprint density at radius 3 is 1.86 bits per heavy atom. The van der Waals surface area contributed by atoms with E-state index in [9.17, 15) is 20.2 Å². The molecule has 0 bridgehead atoms. The fraction of sp³-hybridized carbons (Fsp3) is 0.520. The number of hydrogen-bond donors (Lipinski definition) is 1. The van der Waals surface area contributed by atoms with Crippen molar-refractivity contribution in [2.24, 2.45) is 0 Å². The van der Waals surface area contributed by atoms with Crippen molar-refractivity contribution in [3.05, 3.63) is 79.9 Å². The Kier molecular flexibility index (Phi) is 10.5. The molecule has 0 saturated carbocycles. The zero-order valence-corrected chi connectivity index (χ0v) is 20.1. The van der Waals surface area contributed by atoms with Gasteiger partial charge >= 0.3 is 0 Å². The van der Waals surface area contributed by atoms with E-state index in [0.717, 1.165) is 76.2 Å².